The third-order valence-corrected chi connectivity index (χ3v) is 5.30. The van der Waals surface area contributed by atoms with E-state index in [1.54, 1.807) is 42.2 Å². The number of thioether (sulfide) groups is 1. The van der Waals surface area contributed by atoms with Gasteiger partial charge in [-0.15, -0.1) is 4.99 Å². The van der Waals surface area contributed by atoms with Crippen molar-refractivity contribution >= 4 is 23.8 Å². The van der Waals surface area contributed by atoms with Gasteiger partial charge in [-0.25, -0.2) is 4.57 Å². The molecule has 5 nitrogen and oxygen atoms in total. The summed E-state index contributed by atoms with van der Waals surface area (Å²) in [6, 6.07) is 12.5. The minimum Gasteiger partial charge on any atom is -0.435 e. The Morgan fingerprint density at radius 1 is 0.933 bits per heavy atom. The lowest BCUT2D eigenvalue weighted by molar-refractivity contribution is -0.710. The number of nitrogens with one attached hydrogen (secondary N) is 1. The summed E-state index contributed by atoms with van der Waals surface area (Å²) in [5.74, 6) is 1.74. The van der Waals surface area contributed by atoms with Crippen molar-refractivity contribution in [2.24, 2.45) is 4.99 Å². The molecule has 2 aromatic carbocycles. The number of H-pyrrole nitrogens is 1. The van der Waals surface area contributed by atoms with Crippen molar-refractivity contribution in [3.05, 3.63) is 54.1 Å². The summed E-state index contributed by atoms with van der Waals surface area (Å²) in [5.41, 5.74) is 2.23. The number of nitrogens with zero attached hydrogens (tertiary/aromatic N) is 2. The molecule has 0 amide bonds. The van der Waals surface area contributed by atoms with Crippen LogP contribution in [0.2, 0.25) is 0 Å². The van der Waals surface area contributed by atoms with Crippen LogP contribution in [0.15, 0.2) is 58.7 Å². The molecule has 1 N–H and O–H groups in total. The van der Waals surface area contributed by atoms with E-state index in [0.29, 0.717) is 11.4 Å². The van der Waals surface area contributed by atoms with Crippen LogP contribution in [-0.4, -0.2) is 30.2 Å². The molecule has 3 aromatic rings. The molecule has 0 radical (unpaired) electrons. The molecule has 30 heavy (non-hydrogen) atoms. The molecular formula is C20H16F4N3O2S+. The molecule has 0 atom stereocenters. The standard InChI is InChI=1S/C20H15F4N3O2S/c21-18(22)28-14-5-1-12(2-6-14)11-25-17-16(26-20-27(17)9-10-30-20)13-3-7-15(8-4-13)29-19(23)24/h1-8,11,18-19H,9-10H2/p+1. The maximum atomic E-state index is 12.4. The van der Waals surface area contributed by atoms with Crippen LogP contribution in [0.5, 0.6) is 11.5 Å². The Morgan fingerprint density at radius 3 is 2.13 bits per heavy atom. The summed E-state index contributed by atoms with van der Waals surface area (Å²) in [7, 11) is 0. The number of halogens is 4. The van der Waals surface area contributed by atoms with Crippen molar-refractivity contribution in [1.29, 1.82) is 0 Å². The van der Waals surface area contributed by atoms with Crippen molar-refractivity contribution < 1.29 is 31.6 Å². The van der Waals surface area contributed by atoms with Crippen LogP contribution in [0, 0.1) is 0 Å². The van der Waals surface area contributed by atoms with Gasteiger partial charge in [-0.3, -0.25) is 4.98 Å². The Kier molecular flexibility index (Phi) is 5.93. The van der Waals surface area contributed by atoms with Gasteiger partial charge in [-0.1, -0.05) is 11.8 Å². The smallest absolute Gasteiger partial charge is 0.387 e. The molecule has 0 bridgehead atoms. The van der Waals surface area contributed by atoms with Gasteiger partial charge in [-0.05, 0) is 48.5 Å². The minimum absolute atomic E-state index is 0.0715. The van der Waals surface area contributed by atoms with Gasteiger partial charge >= 0.3 is 19.0 Å². The Morgan fingerprint density at radius 2 is 1.53 bits per heavy atom. The Balaban J connectivity index is 1.61. The van der Waals surface area contributed by atoms with E-state index >= 15 is 0 Å². The highest BCUT2D eigenvalue weighted by Crippen LogP contribution is 2.33. The van der Waals surface area contributed by atoms with E-state index in [1.807, 2.05) is 4.57 Å². The Labute approximate surface area is 173 Å². The number of rotatable bonds is 7. The van der Waals surface area contributed by atoms with E-state index in [-0.39, 0.29) is 11.5 Å². The average molecular weight is 438 g/mol. The summed E-state index contributed by atoms with van der Waals surface area (Å²) in [6.45, 7) is -4.98. The summed E-state index contributed by atoms with van der Waals surface area (Å²) in [6.07, 6.45) is 1.63. The molecule has 156 valence electrons. The van der Waals surface area contributed by atoms with Crippen molar-refractivity contribution in [1.82, 2.24) is 4.98 Å². The van der Waals surface area contributed by atoms with E-state index < -0.39 is 13.2 Å². The van der Waals surface area contributed by atoms with Gasteiger partial charge in [0.15, 0.2) is 5.69 Å². The molecule has 2 heterocycles. The summed E-state index contributed by atoms with van der Waals surface area (Å²) >= 11 is 1.66. The van der Waals surface area contributed by atoms with Gasteiger partial charge in [0.2, 0.25) is 0 Å². The van der Waals surface area contributed by atoms with Crippen LogP contribution >= 0.6 is 11.8 Å². The summed E-state index contributed by atoms with van der Waals surface area (Å²) < 4.78 is 60.1. The molecular weight excluding hydrogens is 422 g/mol. The zero-order valence-corrected chi connectivity index (χ0v) is 16.2. The van der Waals surface area contributed by atoms with Crippen LogP contribution in [0.1, 0.15) is 5.56 Å². The first-order valence-electron chi connectivity index (χ1n) is 8.92. The predicted molar refractivity (Wildman–Crippen MR) is 104 cm³/mol. The van der Waals surface area contributed by atoms with Crippen LogP contribution in [-0.2, 0) is 6.54 Å². The molecule has 0 saturated heterocycles. The van der Waals surface area contributed by atoms with E-state index in [4.69, 9.17) is 0 Å². The number of hydrogen-bond donors (Lipinski definition) is 1. The second-order valence-corrected chi connectivity index (χ2v) is 7.32. The first-order chi connectivity index (χ1) is 14.5. The SMILES string of the molecule is FC(F)Oc1ccc(C=Nc2c(-c3ccc(OC(F)F)cc3)[nH]c3[n+]2CCS3)cc1. The fourth-order valence-corrected chi connectivity index (χ4v) is 4.00. The quantitative estimate of drug-likeness (QED) is 0.320. The second-order valence-electron chi connectivity index (χ2n) is 6.24. The van der Waals surface area contributed by atoms with Gasteiger partial charge in [0.05, 0.1) is 6.54 Å². The number of ether oxygens (including phenoxy) is 2. The van der Waals surface area contributed by atoms with Gasteiger partial charge in [0.25, 0.3) is 5.16 Å². The highest BCUT2D eigenvalue weighted by atomic mass is 32.2. The van der Waals surface area contributed by atoms with Gasteiger partial charge in [0.1, 0.15) is 17.7 Å². The van der Waals surface area contributed by atoms with Crippen LogP contribution < -0.4 is 14.0 Å². The number of hydrogen-bond acceptors (Lipinski definition) is 4. The number of aliphatic imine (C=N–C) groups is 1. The number of imidazole rings is 1. The number of alkyl halides is 4. The molecule has 1 aromatic heterocycles. The van der Waals surface area contributed by atoms with E-state index in [9.17, 15) is 17.6 Å². The van der Waals surface area contributed by atoms with Gasteiger partial charge in [-0.2, -0.15) is 17.6 Å². The maximum Gasteiger partial charge on any atom is 0.387 e. The van der Waals surface area contributed by atoms with Crippen molar-refractivity contribution in [2.75, 3.05) is 5.75 Å². The van der Waals surface area contributed by atoms with Crippen LogP contribution in [0.25, 0.3) is 11.3 Å². The normalized spacial score (nSPS) is 13.4. The van der Waals surface area contributed by atoms with Gasteiger partial charge in [0, 0.05) is 16.9 Å². The van der Waals surface area contributed by atoms with Crippen molar-refractivity contribution in [2.45, 2.75) is 24.9 Å². The minimum atomic E-state index is -2.88. The number of benzene rings is 2. The van der Waals surface area contributed by atoms with Gasteiger partial charge < -0.3 is 9.47 Å². The molecule has 10 heteroatoms. The first-order valence-corrected chi connectivity index (χ1v) is 9.91. The first kappa shape index (κ1) is 20.3. The number of aromatic nitrogens is 2. The summed E-state index contributed by atoms with van der Waals surface area (Å²) in [4.78, 5) is 7.92. The fraction of sp³-hybridized carbons (Fsp3) is 0.200. The Hall–Kier alpha value is -3.01. The van der Waals surface area contributed by atoms with Crippen molar-refractivity contribution in [3.63, 3.8) is 0 Å². The maximum absolute atomic E-state index is 12.4. The van der Waals surface area contributed by atoms with Crippen LogP contribution in [0.4, 0.5) is 23.4 Å². The lowest BCUT2D eigenvalue weighted by Crippen LogP contribution is -2.30. The number of aromatic amines is 1. The summed E-state index contributed by atoms with van der Waals surface area (Å²) in [5, 5.41) is 0.950. The lowest BCUT2D eigenvalue weighted by Gasteiger charge is -2.04. The fourth-order valence-electron chi connectivity index (χ4n) is 3.03. The predicted octanol–water partition coefficient (Wildman–Crippen LogP) is 5.03. The molecule has 1 aliphatic rings. The lowest BCUT2D eigenvalue weighted by atomic mass is 10.1. The second kappa shape index (κ2) is 8.78. The zero-order valence-electron chi connectivity index (χ0n) is 15.4. The Bertz CT molecular complexity index is 1040. The molecule has 0 saturated carbocycles. The van der Waals surface area contributed by atoms with E-state index in [0.717, 1.165) is 28.7 Å². The molecule has 0 fully saturated rings. The third kappa shape index (κ3) is 4.59. The monoisotopic (exact) mass is 438 g/mol. The van der Waals surface area contributed by atoms with Crippen LogP contribution in [0.3, 0.4) is 0 Å². The molecule has 0 aliphatic carbocycles. The average Bonchev–Trinajstić information content (AvgIpc) is 3.29. The highest BCUT2D eigenvalue weighted by Gasteiger charge is 2.29. The van der Waals surface area contributed by atoms with E-state index in [2.05, 4.69) is 19.5 Å². The molecule has 1 aliphatic heterocycles. The number of fused-ring (bicyclic) bond motifs is 1. The molecule has 0 spiro atoms. The van der Waals surface area contributed by atoms with E-state index in [1.165, 1.54) is 24.3 Å². The molecule has 4 rings (SSSR count). The highest BCUT2D eigenvalue weighted by molar-refractivity contribution is 7.99. The largest absolute Gasteiger partial charge is 0.435 e. The van der Waals surface area contributed by atoms with Crippen molar-refractivity contribution in [3.8, 4) is 22.8 Å². The molecule has 0 unspecified atom stereocenters. The topological polar surface area (TPSA) is 50.5 Å². The third-order valence-electron chi connectivity index (χ3n) is 4.32. The zero-order chi connectivity index (χ0) is 21.1.